The number of likely N-dealkylation sites (tertiary alicyclic amines) is 1. The fourth-order valence-electron chi connectivity index (χ4n) is 4.02. The van der Waals surface area contributed by atoms with Crippen molar-refractivity contribution >= 4 is 43.2 Å². The molecular weight excluding hydrogens is 446 g/mol. The lowest BCUT2D eigenvalue weighted by molar-refractivity contribution is -0.0160. The second-order valence-corrected chi connectivity index (χ2v) is 10.8. The fourth-order valence-corrected chi connectivity index (χ4v) is 6.01. The first-order chi connectivity index (χ1) is 15.2. The van der Waals surface area contributed by atoms with Crippen molar-refractivity contribution in [2.45, 2.75) is 36.7 Å². The lowest BCUT2D eigenvalue weighted by Gasteiger charge is -2.38. The van der Waals surface area contributed by atoms with Gasteiger partial charge in [0.1, 0.15) is 10.4 Å². The number of benzene rings is 2. The Kier molecular flexibility index (Phi) is 6.07. The number of sulfonamides is 1. The van der Waals surface area contributed by atoms with Gasteiger partial charge in [0, 0.05) is 24.3 Å². The maximum absolute atomic E-state index is 12.9. The van der Waals surface area contributed by atoms with Crippen LogP contribution in [0.3, 0.4) is 0 Å². The molecule has 0 radical (unpaired) electrons. The predicted octanol–water partition coefficient (Wildman–Crippen LogP) is 4.03. The third kappa shape index (κ3) is 4.69. The van der Waals surface area contributed by atoms with E-state index in [2.05, 4.69) is 16.3 Å². The molecule has 0 atom stereocenters. The third-order valence-electron chi connectivity index (χ3n) is 5.61. The van der Waals surface area contributed by atoms with Crippen molar-refractivity contribution in [2.24, 2.45) is 0 Å². The number of nitrogens with zero attached hydrogens (tertiary/aromatic N) is 2. The first-order valence-electron chi connectivity index (χ1n) is 10.3. The molecular formula is C23H25N3O4S2. The Bertz CT molecular complexity index is 1260. The van der Waals surface area contributed by atoms with Crippen LogP contribution in [0.4, 0.5) is 5.69 Å². The molecule has 9 heteroatoms. The van der Waals surface area contributed by atoms with Crippen molar-refractivity contribution in [1.29, 1.82) is 0 Å². The average Bonchev–Trinajstić information content (AvgIpc) is 3.22. The van der Waals surface area contributed by atoms with Gasteiger partial charge < -0.3 is 10.0 Å². The zero-order valence-electron chi connectivity index (χ0n) is 17.7. The smallest absolute Gasteiger partial charge is 0.264 e. The lowest BCUT2D eigenvalue weighted by atomic mass is 9.86. The number of carbonyl (C=O) groups excluding carboxylic acids is 1. The third-order valence-corrected chi connectivity index (χ3v) is 7.82. The average molecular weight is 472 g/mol. The summed E-state index contributed by atoms with van der Waals surface area (Å²) in [5, 5.41) is 10.6. The van der Waals surface area contributed by atoms with Crippen molar-refractivity contribution in [2.75, 3.05) is 17.8 Å². The standard InChI is InChI=1S/C23H25N3O4S2/c1-16(2)14-23(28)10-12-26(13-11-23)22(27)17-6-8-18(9-7-17)25-32(29,30)20-5-3-4-19-21(20)24-15-31-19/h3-9,15,25,28H,1,10-14H2,2H3. The molecule has 1 aliphatic heterocycles. The topological polar surface area (TPSA) is 99.6 Å². The molecule has 0 aliphatic carbocycles. The van der Waals surface area contributed by atoms with Crippen molar-refractivity contribution in [3.8, 4) is 0 Å². The van der Waals surface area contributed by atoms with Crippen LogP contribution in [0.15, 0.2) is 65.0 Å². The molecule has 1 aliphatic rings. The van der Waals surface area contributed by atoms with Gasteiger partial charge in [0.2, 0.25) is 0 Å². The molecule has 2 N–H and O–H groups in total. The minimum absolute atomic E-state index is 0.118. The first-order valence-corrected chi connectivity index (χ1v) is 12.6. The molecule has 2 aromatic carbocycles. The van der Waals surface area contributed by atoms with Crippen LogP contribution in [0.5, 0.6) is 0 Å². The van der Waals surface area contributed by atoms with Crippen molar-refractivity contribution in [3.05, 3.63) is 65.7 Å². The highest BCUT2D eigenvalue weighted by Crippen LogP contribution is 2.29. The molecule has 4 rings (SSSR count). The summed E-state index contributed by atoms with van der Waals surface area (Å²) in [5.41, 5.74) is 3.02. The molecule has 1 saturated heterocycles. The number of aliphatic hydroxyl groups is 1. The number of nitrogens with one attached hydrogen (secondary N) is 1. The Morgan fingerprint density at radius 3 is 2.56 bits per heavy atom. The second-order valence-electron chi connectivity index (χ2n) is 8.29. The van der Waals surface area contributed by atoms with Crippen LogP contribution in [-0.4, -0.2) is 48.0 Å². The summed E-state index contributed by atoms with van der Waals surface area (Å²) in [6, 6.07) is 11.4. The van der Waals surface area contributed by atoms with E-state index in [0.29, 0.717) is 49.1 Å². The number of rotatable bonds is 6. The highest BCUT2D eigenvalue weighted by molar-refractivity contribution is 7.93. The van der Waals surface area contributed by atoms with E-state index < -0.39 is 15.6 Å². The zero-order chi connectivity index (χ0) is 22.9. The zero-order valence-corrected chi connectivity index (χ0v) is 19.4. The highest BCUT2D eigenvalue weighted by Gasteiger charge is 2.34. The number of hydrogen-bond acceptors (Lipinski definition) is 6. The SMILES string of the molecule is C=C(C)CC1(O)CCN(C(=O)c2ccc(NS(=O)(=O)c3cccc4scnc34)cc2)CC1. The minimum Gasteiger partial charge on any atom is -0.389 e. The van der Waals surface area contributed by atoms with Crippen LogP contribution in [-0.2, 0) is 10.0 Å². The Labute approximate surface area is 191 Å². The minimum atomic E-state index is -3.82. The number of amides is 1. The molecule has 0 bridgehead atoms. The van der Waals surface area contributed by atoms with E-state index in [4.69, 9.17) is 0 Å². The molecule has 1 fully saturated rings. The van der Waals surface area contributed by atoms with Crippen LogP contribution in [0, 0.1) is 0 Å². The van der Waals surface area contributed by atoms with Gasteiger partial charge in [-0.15, -0.1) is 17.9 Å². The number of carbonyl (C=O) groups is 1. The van der Waals surface area contributed by atoms with Gasteiger partial charge in [-0.2, -0.15) is 0 Å². The van der Waals surface area contributed by atoms with Crippen molar-refractivity contribution in [1.82, 2.24) is 9.88 Å². The number of piperidine rings is 1. The number of aromatic nitrogens is 1. The van der Waals surface area contributed by atoms with Gasteiger partial charge in [0.25, 0.3) is 15.9 Å². The highest BCUT2D eigenvalue weighted by atomic mass is 32.2. The van der Waals surface area contributed by atoms with E-state index >= 15 is 0 Å². The van der Waals surface area contributed by atoms with Gasteiger partial charge >= 0.3 is 0 Å². The summed E-state index contributed by atoms with van der Waals surface area (Å²) < 4.78 is 29.1. The van der Waals surface area contributed by atoms with E-state index in [1.54, 1.807) is 40.7 Å². The van der Waals surface area contributed by atoms with Crippen LogP contribution in [0.25, 0.3) is 10.2 Å². The Morgan fingerprint density at radius 2 is 1.91 bits per heavy atom. The Balaban J connectivity index is 1.44. The first kappa shape index (κ1) is 22.4. The maximum Gasteiger partial charge on any atom is 0.264 e. The molecule has 1 aromatic heterocycles. The van der Waals surface area contributed by atoms with Crippen molar-refractivity contribution in [3.63, 3.8) is 0 Å². The quantitative estimate of drug-likeness (QED) is 0.529. The van der Waals surface area contributed by atoms with Crippen molar-refractivity contribution < 1.29 is 18.3 Å². The van der Waals surface area contributed by atoms with Crippen LogP contribution in [0.2, 0.25) is 0 Å². The maximum atomic E-state index is 12.9. The number of anilines is 1. The molecule has 2 heterocycles. The largest absolute Gasteiger partial charge is 0.389 e. The molecule has 0 spiro atoms. The van der Waals surface area contributed by atoms with Gasteiger partial charge in [-0.1, -0.05) is 11.6 Å². The summed E-state index contributed by atoms with van der Waals surface area (Å²) in [5.74, 6) is -0.135. The van der Waals surface area contributed by atoms with Gasteiger partial charge in [-0.3, -0.25) is 9.52 Å². The van der Waals surface area contributed by atoms with E-state index in [1.807, 2.05) is 13.0 Å². The van der Waals surface area contributed by atoms with E-state index in [-0.39, 0.29) is 10.8 Å². The number of para-hydroxylation sites is 1. The molecule has 168 valence electrons. The van der Waals surface area contributed by atoms with Crippen LogP contribution >= 0.6 is 11.3 Å². The number of thiazole rings is 1. The van der Waals surface area contributed by atoms with Crippen LogP contribution < -0.4 is 4.72 Å². The molecule has 3 aromatic rings. The van der Waals surface area contributed by atoms with E-state index in [1.165, 1.54) is 17.4 Å². The fraction of sp³-hybridized carbons (Fsp3) is 0.304. The molecule has 1 amide bonds. The normalized spacial score (nSPS) is 16.1. The van der Waals surface area contributed by atoms with Gasteiger partial charge in [-0.05, 0) is 62.6 Å². The lowest BCUT2D eigenvalue weighted by Crippen LogP contribution is -2.46. The molecule has 0 saturated carbocycles. The van der Waals surface area contributed by atoms with Gasteiger partial charge in [0.05, 0.1) is 15.8 Å². The number of fused-ring (bicyclic) bond motifs is 1. The monoisotopic (exact) mass is 471 g/mol. The summed E-state index contributed by atoms with van der Waals surface area (Å²) in [7, 11) is -3.82. The summed E-state index contributed by atoms with van der Waals surface area (Å²) in [6.07, 6.45) is 1.55. The van der Waals surface area contributed by atoms with Gasteiger partial charge in [0.15, 0.2) is 0 Å². The second kappa shape index (κ2) is 8.65. The molecule has 32 heavy (non-hydrogen) atoms. The Hall–Kier alpha value is -2.75. The molecule has 7 nitrogen and oxygen atoms in total. The predicted molar refractivity (Wildman–Crippen MR) is 126 cm³/mol. The van der Waals surface area contributed by atoms with E-state index in [9.17, 15) is 18.3 Å². The summed E-state index contributed by atoms with van der Waals surface area (Å²) in [4.78, 5) is 18.9. The summed E-state index contributed by atoms with van der Waals surface area (Å²) in [6.45, 7) is 6.69. The number of hydrogen-bond donors (Lipinski definition) is 2. The Morgan fingerprint density at radius 1 is 1.22 bits per heavy atom. The van der Waals surface area contributed by atoms with E-state index in [0.717, 1.165) is 10.3 Å². The van der Waals surface area contributed by atoms with Crippen LogP contribution in [0.1, 0.15) is 36.5 Å². The van der Waals surface area contributed by atoms with Gasteiger partial charge in [-0.25, -0.2) is 13.4 Å². The molecule has 0 unspecified atom stereocenters. The summed E-state index contributed by atoms with van der Waals surface area (Å²) >= 11 is 1.38.